The summed E-state index contributed by atoms with van der Waals surface area (Å²) in [6, 6.07) is 6.85. The summed E-state index contributed by atoms with van der Waals surface area (Å²) in [5, 5.41) is 9.91. The summed E-state index contributed by atoms with van der Waals surface area (Å²) in [4.78, 5) is 2.59. The number of phenols is 1. The molecule has 19 heavy (non-hydrogen) atoms. The summed E-state index contributed by atoms with van der Waals surface area (Å²) in [5.74, 6) is 1.27. The maximum atomic E-state index is 9.91. The zero-order chi connectivity index (χ0) is 13.0. The van der Waals surface area contributed by atoms with Gasteiger partial charge in [0, 0.05) is 11.5 Å². The third kappa shape index (κ3) is 1.53. The lowest BCUT2D eigenvalue weighted by atomic mass is 9.52. The molecule has 0 amide bonds. The van der Waals surface area contributed by atoms with Gasteiger partial charge in [0.25, 0.3) is 0 Å². The Balaban J connectivity index is 1.90. The Kier molecular flexibility index (Phi) is 2.47. The Bertz CT molecular complexity index is 512. The minimum absolute atomic E-state index is 0.377. The van der Waals surface area contributed by atoms with Gasteiger partial charge in [0.15, 0.2) is 0 Å². The fourth-order valence-electron chi connectivity index (χ4n) is 5.18. The van der Waals surface area contributed by atoms with E-state index in [4.69, 9.17) is 0 Å². The lowest BCUT2D eigenvalue weighted by molar-refractivity contribution is 0.00274. The van der Waals surface area contributed by atoms with Gasteiger partial charge in [-0.2, -0.15) is 0 Å². The van der Waals surface area contributed by atoms with Gasteiger partial charge in [0.2, 0.25) is 0 Å². The van der Waals surface area contributed by atoms with Crippen LogP contribution in [-0.2, 0) is 11.8 Å². The third-order valence-corrected chi connectivity index (χ3v) is 6.10. The molecule has 1 aromatic rings. The van der Waals surface area contributed by atoms with Crippen molar-refractivity contribution in [3.05, 3.63) is 29.3 Å². The van der Waals surface area contributed by atoms with E-state index < -0.39 is 0 Å². The Labute approximate surface area is 115 Å². The quantitative estimate of drug-likeness (QED) is 0.772. The van der Waals surface area contributed by atoms with Crippen molar-refractivity contribution in [2.45, 2.75) is 50.0 Å². The first-order valence-corrected chi connectivity index (χ1v) is 7.73. The first kappa shape index (κ1) is 11.8. The van der Waals surface area contributed by atoms with Gasteiger partial charge in [-0.1, -0.05) is 18.9 Å². The molecule has 1 heterocycles. The number of hydrogen-bond acceptors (Lipinski definition) is 2. The molecule has 2 fully saturated rings. The lowest BCUT2D eigenvalue weighted by Gasteiger charge is -2.58. The molecule has 1 saturated heterocycles. The predicted molar refractivity (Wildman–Crippen MR) is 76.5 cm³/mol. The van der Waals surface area contributed by atoms with Crippen LogP contribution in [0.1, 0.15) is 43.2 Å². The van der Waals surface area contributed by atoms with Crippen molar-refractivity contribution >= 4 is 0 Å². The Morgan fingerprint density at radius 3 is 3.05 bits per heavy atom. The molecule has 0 radical (unpaired) electrons. The van der Waals surface area contributed by atoms with Crippen LogP contribution < -0.4 is 0 Å². The number of nitrogens with zero attached hydrogens (tertiary/aromatic N) is 1. The lowest BCUT2D eigenvalue weighted by Crippen LogP contribution is -2.59. The molecular weight excluding hydrogens is 234 g/mol. The van der Waals surface area contributed by atoms with Crippen LogP contribution in [0.25, 0.3) is 0 Å². The summed E-state index contributed by atoms with van der Waals surface area (Å²) in [6.07, 6.45) is 7.93. The molecule has 2 nitrogen and oxygen atoms in total. The topological polar surface area (TPSA) is 23.5 Å². The molecule has 2 heteroatoms. The van der Waals surface area contributed by atoms with Crippen molar-refractivity contribution in [1.82, 2.24) is 4.90 Å². The summed E-state index contributed by atoms with van der Waals surface area (Å²) in [6.45, 7) is 1.22. The van der Waals surface area contributed by atoms with Gasteiger partial charge in [-0.15, -0.1) is 0 Å². The normalized spacial score (nSPS) is 37.5. The van der Waals surface area contributed by atoms with E-state index in [1.54, 1.807) is 0 Å². The van der Waals surface area contributed by atoms with Crippen LogP contribution in [0.4, 0.5) is 0 Å². The van der Waals surface area contributed by atoms with Crippen LogP contribution in [0.15, 0.2) is 18.2 Å². The number of aromatic hydroxyl groups is 1. The van der Waals surface area contributed by atoms with Crippen molar-refractivity contribution in [1.29, 1.82) is 0 Å². The molecule has 3 atom stereocenters. The first-order valence-electron chi connectivity index (χ1n) is 7.73. The second-order valence-electron chi connectivity index (χ2n) is 6.85. The molecular formula is C17H23NO. The number of piperidine rings is 1. The summed E-state index contributed by atoms with van der Waals surface area (Å²) < 4.78 is 0. The molecule has 1 N–H and O–H groups in total. The summed E-state index contributed by atoms with van der Waals surface area (Å²) in [5.41, 5.74) is 3.36. The Morgan fingerprint density at radius 2 is 2.16 bits per heavy atom. The maximum Gasteiger partial charge on any atom is 0.115 e. The van der Waals surface area contributed by atoms with E-state index in [0.29, 0.717) is 11.2 Å². The van der Waals surface area contributed by atoms with Crippen LogP contribution in [0, 0.1) is 5.92 Å². The molecule has 1 saturated carbocycles. The van der Waals surface area contributed by atoms with Gasteiger partial charge in [-0.25, -0.2) is 0 Å². The second kappa shape index (κ2) is 3.99. The molecule has 1 aromatic carbocycles. The maximum absolute atomic E-state index is 9.91. The predicted octanol–water partition coefficient (Wildman–Crippen LogP) is 3.08. The van der Waals surface area contributed by atoms with Gasteiger partial charge >= 0.3 is 0 Å². The van der Waals surface area contributed by atoms with Crippen molar-refractivity contribution in [3.8, 4) is 5.75 Å². The number of fused-ring (bicyclic) bond motifs is 1. The van der Waals surface area contributed by atoms with E-state index in [0.717, 1.165) is 12.0 Å². The minimum Gasteiger partial charge on any atom is -0.508 e. The number of likely N-dealkylation sites (N-methyl/N-ethyl adjacent to an activating group) is 1. The van der Waals surface area contributed by atoms with Crippen LogP contribution in [-0.4, -0.2) is 29.6 Å². The monoisotopic (exact) mass is 257 g/mol. The average molecular weight is 257 g/mol. The van der Waals surface area contributed by atoms with Crippen molar-refractivity contribution in [2.24, 2.45) is 5.92 Å². The van der Waals surface area contributed by atoms with Gasteiger partial charge in [-0.3, -0.25) is 0 Å². The molecule has 0 spiro atoms. The highest BCUT2D eigenvalue weighted by Crippen LogP contribution is 2.55. The first-order chi connectivity index (χ1) is 9.21. The zero-order valence-corrected chi connectivity index (χ0v) is 11.7. The molecule has 2 bridgehead atoms. The Hall–Kier alpha value is -1.02. The van der Waals surface area contributed by atoms with E-state index >= 15 is 0 Å². The van der Waals surface area contributed by atoms with E-state index in [9.17, 15) is 5.11 Å². The standard InChI is InChI=1S/C17H23NO/c1-18-9-8-17-7-3-2-4-14(17)16(18)10-12-5-6-13(19)11-15(12)17/h5-6,11,14,16,19H,2-4,7-10H2,1H3/t14-,16+,17?/m0/s1. The van der Waals surface area contributed by atoms with Crippen LogP contribution in [0.5, 0.6) is 5.75 Å². The van der Waals surface area contributed by atoms with E-state index in [2.05, 4.69) is 24.1 Å². The van der Waals surface area contributed by atoms with E-state index in [1.165, 1.54) is 56.2 Å². The molecule has 102 valence electrons. The molecule has 1 unspecified atom stereocenters. The third-order valence-electron chi connectivity index (χ3n) is 6.10. The van der Waals surface area contributed by atoms with Crippen molar-refractivity contribution in [3.63, 3.8) is 0 Å². The number of hydrogen-bond donors (Lipinski definition) is 1. The SMILES string of the molecule is CN1CCC23CCCC[C@H]2[C@H]1Cc1ccc(O)cc13. The van der Waals surface area contributed by atoms with Crippen LogP contribution in [0.3, 0.4) is 0 Å². The largest absolute Gasteiger partial charge is 0.508 e. The van der Waals surface area contributed by atoms with Gasteiger partial charge in [0.05, 0.1) is 0 Å². The van der Waals surface area contributed by atoms with Crippen molar-refractivity contribution < 1.29 is 5.11 Å². The van der Waals surface area contributed by atoms with Crippen LogP contribution >= 0.6 is 0 Å². The van der Waals surface area contributed by atoms with E-state index in [1.807, 2.05) is 6.07 Å². The molecule has 3 aliphatic rings. The fraction of sp³-hybridized carbons (Fsp3) is 0.647. The average Bonchev–Trinajstić information content (AvgIpc) is 2.43. The van der Waals surface area contributed by atoms with Crippen molar-refractivity contribution in [2.75, 3.05) is 13.6 Å². The van der Waals surface area contributed by atoms with Crippen LogP contribution in [0.2, 0.25) is 0 Å². The Morgan fingerprint density at radius 1 is 1.26 bits per heavy atom. The highest BCUT2D eigenvalue weighted by molar-refractivity contribution is 5.45. The number of rotatable bonds is 0. The second-order valence-corrected chi connectivity index (χ2v) is 6.85. The molecule has 4 rings (SSSR count). The van der Waals surface area contributed by atoms with Gasteiger partial charge in [0.1, 0.15) is 5.75 Å². The molecule has 1 aliphatic heterocycles. The van der Waals surface area contributed by atoms with E-state index in [-0.39, 0.29) is 0 Å². The number of benzene rings is 1. The molecule has 2 aliphatic carbocycles. The smallest absolute Gasteiger partial charge is 0.115 e. The number of phenolic OH excluding ortho intramolecular Hbond substituents is 1. The highest BCUT2D eigenvalue weighted by Gasteiger charge is 2.52. The minimum atomic E-state index is 0.377. The van der Waals surface area contributed by atoms with Gasteiger partial charge in [-0.05, 0) is 68.5 Å². The molecule has 0 aromatic heterocycles. The fourth-order valence-corrected chi connectivity index (χ4v) is 5.18. The summed E-state index contributed by atoms with van der Waals surface area (Å²) in [7, 11) is 2.30. The number of likely N-dealkylation sites (tertiary alicyclic amines) is 1. The highest BCUT2D eigenvalue weighted by atomic mass is 16.3. The summed E-state index contributed by atoms with van der Waals surface area (Å²) >= 11 is 0. The zero-order valence-electron chi connectivity index (χ0n) is 11.7. The van der Waals surface area contributed by atoms with Gasteiger partial charge < -0.3 is 10.0 Å².